The number of hydrogen-bond donors (Lipinski definition) is 1. The van der Waals surface area contributed by atoms with Gasteiger partial charge in [-0.3, -0.25) is 0 Å². The summed E-state index contributed by atoms with van der Waals surface area (Å²) in [5.74, 6) is 0.417. The normalized spacial score (nSPS) is 10.5. The van der Waals surface area contributed by atoms with Crippen LogP contribution in [-0.2, 0) is 13.2 Å². The molecule has 2 aromatic rings. The Bertz CT molecular complexity index is 542. The minimum Gasteiger partial charge on any atom is -0.487 e. The Balaban J connectivity index is 2.12. The number of hydrogen-bond acceptors (Lipinski definition) is 2. The van der Waals surface area contributed by atoms with Crippen LogP contribution in [0.25, 0.3) is 0 Å². The Morgan fingerprint density at radius 2 is 1.89 bits per heavy atom. The molecular weight excluding hydrogens is 265 g/mol. The van der Waals surface area contributed by atoms with Crippen molar-refractivity contribution in [2.75, 3.05) is 7.05 Å². The Hall–Kier alpha value is -1.58. The lowest BCUT2D eigenvalue weighted by Gasteiger charge is -2.13. The quantitative estimate of drug-likeness (QED) is 0.899. The van der Waals surface area contributed by atoms with Crippen LogP contribution in [0.4, 0.5) is 4.39 Å². The standard InChI is InChI=1S/C15H15ClFNO/c1-18-9-12-3-2-4-14(16)15(12)19-10-11-5-7-13(17)8-6-11/h2-8,18H,9-10H2,1H3. The van der Waals surface area contributed by atoms with Crippen molar-refractivity contribution in [1.82, 2.24) is 5.32 Å². The van der Waals surface area contributed by atoms with Crippen molar-refractivity contribution in [3.05, 3.63) is 64.4 Å². The third-order valence-electron chi connectivity index (χ3n) is 2.71. The molecule has 4 heteroatoms. The van der Waals surface area contributed by atoms with E-state index < -0.39 is 0 Å². The molecule has 0 heterocycles. The van der Waals surface area contributed by atoms with Crippen LogP contribution in [0.15, 0.2) is 42.5 Å². The van der Waals surface area contributed by atoms with Crippen molar-refractivity contribution in [2.24, 2.45) is 0 Å². The van der Waals surface area contributed by atoms with Crippen LogP contribution in [0.3, 0.4) is 0 Å². The molecule has 2 nitrogen and oxygen atoms in total. The summed E-state index contributed by atoms with van der Waals surface area (Å²) >= 11 is 6.14. The van der Waals surface area contributed by atoms with Crippen molar-refractivity contribution in [3.8, 4) is 5.75 Å². The Labute approximate surface area is 117 Å². The summed E-state index contributed by atoms with van der Waals surface area (Å²) in [5, 5.41) is 3.65. The highest BCUT2D eigenvalue weighted by Gasteiger charge is 2.08. The molecule has 0 aliphatic carbocycles. The maximum absolute atomic E-state index is 12.8. The largest absolute Gasteiger partial charge is 0.487 e. The summed E-state index contributed by atoms with van der Waals surface area (Å²) < 4.78 is 18.6. The molecule has 0 spiro atoms. The van der Waals surface area contributed by atoms with Crippen molar-refractivity contribution in [2.45, 2.75) is 13.2 Å². The van der Waals surface area contributed by atoms with E-state index in [1.807, 2.05) is 19.2 Å². The summed E-state index contributed by atoms with van der Waals surface area (Å²) in [5.41, 5.74) is 1.90. The molecule has 100 valence electrons. The lowest BCUT2D eigenvalue weighted by Crippen LogP contribution is -2.08. The lowest BCUT2D eigenvalue weighted by atomic mass is 10.2. The van der Waals surface area contributed by atoms with Crippen molar-refractivity contribution >= 4 is 11.6 Å². The first-order chi connectivity index (χ1) is 9.20. The van der Waals surface area contributed by atoms with Gasteiger partial charge in [-0.2, -0.15) is 0 Å². The maximum atomic E-state index is 12.8. The minimum absolute atomic E-state index is 0.252. The molecule has 19 heavy (non-hydrogen) atoms. The lowest BCUT2D eigenvalue weighted by molar-refractivity contribution is 0.302. The maximum Gasteiger partial charge on any atom is 0.142 e. The number of para-hydroxylation sites is 1. The van der Waals surface area contributed by atoms with Gasteiger partial charge in [0.05, 0.1) is 5.02 Å². The minimum atomic E-state index is -0.252. The number of rotatable bonds is 5. The van der Waals surface area contributed by atoms with E-state index in [4.69, 9.17) is 16.3 Å². The molecule has 2 rings (SSSR count). The molecule has 2 aromatic carbocycles. The first-order valence-corrected chi connectivity index (χ1v) is 6.37. The number of nitrogens with one attached hydrogen (secondary N) is 1. The van der Waals surface area contributed by atoms with Gasteiger partial charge in [0, 0.05) is 12.1 Å². The molecule has 0 unspecified atom stereocenters. The van der Waals surface area contributed by atoms with Gasteiger partial charge in [-0.25, -0.2) is 4.39 Å². The van der Waals surface area contributed by atoms with Gasteiger partial charge in [0.25, 0.3) is 0 Å². The van der Waals surface area contributed by atoms with Crippen molar-refractivity contribution in [3.63, 3.8) is 0 Å². The van der Waals surface area contributed by atoms with E-state index in [2.05, 4.69) is 5.32 Å². The number of ether oxygens (including phenoxy) is 1. The van der Waals surface area contributed by atoms with Crippen molar-refractivity contribution in [1.29, 1.82) is 0 Å². The van der Waals surface area contributed by atoms with E-state index >= 15 is 0 Å². The van der Waals surface area contributed by atoms with Gasteiger partial charge in [0.1, 0.15) is 18.2 Å². The first-order valence-electron chi connectivity index (χ1n) is 6.00. The molecule has 1 N–H and O–H groups in total. The van der Waals surface area contributed by atoms with E-state index in [9.17, 15) is 4.39 Å². The molecule has 0 bridgehead atoms. The Kier molecular flexibility index (Phi) is 4.77. The Morgan fingerprint density at radius 1 is 1.16 bits per heavy atom. The van der Waals surface area contributed by atoms with Crippen LogP contribution in [0.5, 0.6) is 5.75 Å². The van der Waals surface area contributed by atoms with E-state index in [1.54, 1.807) is 18.2 Å². The zero-order chi connectivity index (χ0) is 13.7. The number of halogens is 2. The number of benzene rings is 2. The second-order valence-corrected chi connectivity index (χ2v) is 4.58. The molecule has 0 radical (unpaired) electrons. The second kappa shape index (κ2) is 6.55. The van der Waals surface area contributed by atoms with Gasteiger partial charge in [0.15, 0.2) is 0 Å². The molecule has 0 saturated heterocycles. The highest BCUT2D eigenvalue weighted by Crippen LogP contribution is 2.29. The summed E-state index contributed by atoms with van der Waals surface area (Å²) in [4.78, 5) is 0. The van der Waals surface area contributed by atoms with E-state index in [-0.39, 0.29) is 5.82 Å². The highest BCUT2D eigenvalue weighted by molar-refractivity contribution is 6.32. The summed E-state index contributed by atoms with van der Waals surface area (Å²) in [6.07, 6.45) is 0. The van der Waals surface area contributed by atoms with Gasteiger partial charge in [-0.1, -0.05) is 35.9 Å². The van der Waals surface area contributed by atoms with Crippen LogP contribution < -0.4 is 10.1 Å². The van der Waals surface area contributed by atoms with E-state index in [0.29, 0.717) is 23.9 Å². The SMILES string of the molecule is CNCc1cccc(Cl)c1OCc1ccc(F)cc1. The first kappa shape index (κ1) is 13.8. The topological polar surface area (TPSA) is 21.3 Å². The van der Waals surface area contributed by atoms with Gasteiger partial charge in [-0.05, 0) is 30.8 Å². The van der Waals surface area contributed by atoms with Gasteiger partial charge < -0.3 is 10.1 Å². The third-order valence-corrected chi connectivity index (χ3v) is 3.01. The predicted octanol–water partition coefficient (Wildman–Crippen LogP) is 3.78. The molecular formula is C15H15ClFNO. The van der Waals surface area contributed by atoms with Crippen LogP contribution >= 0.6 is 11.6 Å². The van der Waals surface area contributed by atoms with Gasteiger partial charge >= 0.3 is 0 Å². The average Bonchev–Trinajstić information content (AvgIpc) is 2.40. The zero-order valence-corrected chi connectivity index (χ0v) is 11.4. The van der Waals surface area contributed by atoms with Gasteiger partial charge in [-0.15, -0.1) is 0 Å². The smallest absolute Gasteiger partial charge is 0.142 e. The van der Waals surface area contributed by atoms with Crippen LogP contribution in [0, 0.1) is 5.82 Å². The van der Waals surface area contributed by atoms with Crippen LogP contribution in [-0.4, -0.2) is 7.05 Å². The Morgan fingerprint density at radius 3 is 2.58 bits per heavy atom. The fourth-order valence-corrected chi connectivity index (χ4v) is 2.03. The molecule has 0 saturated carbocycles. The van der Waals surface area contributed by atoms with E-state index in [1.165, 1.54) is 12.1 Å². The van der Waals surface area contributed by atoms with Crippen LogP contribution in [0.1, 0.15) is 11.1 Å². The monoisotopic (exact) mass is 279 g/mol. The average molecular weight is 280 g/mol. The van der Waals surface area contributed by atoms with E-state index in [0.717, 1.165) is 11.1 Å². The predicted molar refractivity (Wildman–Crippen MR) is 74.9 cm³/mol. The summed E-state index contributed by atoms with van der Waals surface area (Å²) in [6, 6.07) is 11.9. The summed E-state index contributed by atoms with van der Waals surface area (Å²) in [6.45, 7) is 1.04. The molecule has 0 atom stereocenters. The molecule has 0 aliphatic rings. The molecule has 0 aliphatic heterocycles. The molecule has 0 aromatic heterocycles. The zero-order valence-electron chi connectivity index (χ0n) is 10.6. The van der Waals surface area contributed by atoms with Gasteiger partial charge in [0.2, 0.25) is 0 Å². The van der Waals surface area contributed by atoms with Crippen LogP contribution in [0.2, 0.25) is 5.02 Å². The summed E-state index contributed by atoms with van der Waals surface area (Å²) in [7, 11) is 1.87. The highest BCUT2D eigenvalue weighted by atomic mass is 35.5. The third kappa shape index (κ3) is 3.69. The second-order valence-electron chi connectivity index (χ2n) is 4.17. The molecule has 0 amide bonds. The fourth-order valence-electron chi connectivity index (χ4n) is 1.78. The van der Waals surface area contributed by atoms with Crippen molar-refractivity contribution < 1.29 is 9.13 Å². The molecule has 0 fully saturated rings. The fraction of sp³-hybridized carbons (Fsp3) is 0.200.